The summed E-state index contributed by atoms with van der Waals surface area (Å²) < 4.78 is 0. The molecule has 0 spiro atoms. The summed E-state index contributed by atoms with van der Waals surface area (Å²) in [4.78, 5) is 28.6. The first kappa shape index (κ1) is 20.5. The molecule has 7 heteroatoms. The quantitative estimate of drug-likeness (QED) is 0.689. The van der Waals surface area contributed by atoms with E-state index < -0.39 is 0 Å². The van der Waals surface area contributed by atoms with Crippen LogP contribution in [0.1, 0.15) is 22.0 Å². The molecule has 0 radical (unpaired) electrons. The smallest absolute Gasteiger partial charge is 0.254 e. The van der Waals surface area contributed by atoms with Gasteiger partial charge in [-0.3, -0.25) is 4.79 Å². The zero-order chi connectivity index (χ0) is 21.8. The number of benzene rings is 1. The number of carbonyl (C=O) groups is 1. The fraction of sp³-hybridized carbons (Fsp3) is 0.320. The van der Waals surface area contributed by atoms with Crippen molar-refractivity contribution < 1.29 is 4.79 Å². The zero-order valence-corrected chi connectivity index (χ0v) is 18.1. The van der Waals surface area contributed by atoms with Gasteiger partial charge in [0.25, 0.3) is 5.91 Å². The molecule has 5 rings (SSSR count). The van der Waals surface area contributed by atoms with E-state index in [1.54, 1.807) is 6.20 Å². The van der Waals surface area contributed by atoms with Gasteiger partial charge < -0.3 is 20.0 Å². The lowest BCUT2D eigenvalue weighted by Crippen LogP contribution is -2.49. The summed E-state index contributed by atoms with van der Waals surface area (Å²) in [6, 6.07) is 20.4. The van der Waals surface area contributed by atoms with E-state index in [4.69, 9.17) is 0 Å². The lowest BCUT2D eigenvalue weighted by atomic mass is 10.0. The highest BCUT2D eigenvalue weighted by molar-refractivity contribution is 5.95. The van der Waals surface area contributed by atoms with Gasteiger partial charge in [-0.05, 0) is 29.8 Å². The molecule has 0 bridgehead atoms. The fourth-order valence-electron chi connectivity index (χ4n) is 4.45. The highest BCUT2D eigenvalue weighted by Gasteiger charge is 2.25. The monoisotopic (exact) mass is 428 g/mol. The van der Waals surface area contributed by atoms with Crippen molar-refractivity contribution in [2.45, 2.75) is 6.04 Å². The molecule has 3 aromatic rings. The fourth-order valence-corrected chi connectivity index (χ4v) is 4.45. The number of nitrogens with one attached hydrogen (secondary N) is 1. The summed E-state index contributed by atoms with van der Waals surface area (Å²) >= 11 is 0. The number of hydrogen-bond donors (Lipinski definition) is 1. The van der Waals surface area contributed by atoms with Gasteiger partial charge in [0.2, 0.25) is 0 Å². The maximum atomic E-state index is 13.2. The number of anilines is 2. The van der Waals surface area contributed by atoms with Crippen molar-refractivity contribution in [3.8, 4) is 0 Å². The third-order valence-electron chi connectivity index (χ3n) is 6.23. The largest absolute Gasteiger partial charge is 0.353 e. The van der Waals surface area contributed by atoms with Gasteiger partial charge in [0.05, 0.1) is 0 Å². The molecular weight excluding hydrogens is 400 g/mol. The number of amides is 1. The van der Waals surface area contributed by atoms with E-state index in [1.807, 2.05) is 47.5 Å². The van der Waals surface area contributed by atoms with E-state index in [1.165, 1.54) is 5.56 Å². The van der Waals surface area contributed by atoms with Crippen LogP contribution in [0.3, 0.4) is 0 Å². The summed E-state index contributed by atoms with van der Waals surface area (Å²) in [5.74, 6) is 1.91. The van der Waals surface area contributed by atoms with E-state index in [-0.39, 0.29) is 11.9 Å². The minimum Gasteiger partial charge on any atom is -0.353 e. The molecule has 1 aromatic carbocycles. The second-order valence-electron chi connectivity index (χ2n) is 8.23. The average Bonchev–Trinajstić information content (AvgIpc) is 2.89. The number of pyridine rings is 2. The molecular formula is C25H28N6O. The zero-order valence-electron chi connectivity index (χ0n) is 18.1. The molecule has 164 valence electrons. The number of hydrogen-bond acceptors (Lipinski definition) is 6. The van der Waals surface area contributed by atoms with E-state index >= 15 is 0 Å². The van der Waals surface area contributed by atoms with Gasteiger partial charge in [-0.25, -0.2) is 9.97 Å². The van der Waals surface area contributed by atoms with Crippen LogP contribution in [0.4, 0.5) is 11.6 Å². The second-order valence-corrected chi connectivity index (χ2v) is 8.23. The van der Waals surface area contributed by atoms with Crippen LogP contribution in [0.25, 0.3) is 0 Å². The first-order chi connectivity index (χ1) is 15.8. The molecule has 0 unspecified atom stereocenters. The minimum absolute atomic E-state index is 0.0732. The first-order valence-corrected chi connectivity index (χ1v) is 11.2. The Bertz CT molecular complexity index is 1040. The SMILES string of the molecule is O=C(c1ccnc(N2CCN[C@@H](c3ccccc3)C2)c1)N1CCN(c2ccccn2)CC1. The third kappa shape index (κ3) is 4.43. The van der Waals surface area contributed by atoms with Crippen LogP contribution in [-0.4, -0.2) is 66.6 Å². The highest BCUT2D eigenvalue weighted by atomic mass is 16.2. The van der Waals surface area contributed by atoms with Crippen molar-refractivity contribution in [1.82, 2.24) is 20.2 Å². The number of carbonyl (C=O) groups excluding carboxylic acids is 1. The van der Waals surface area contributed by atoms with Gasteiger partial charge >= 0.3 is 0 Å². The Morgan fingerprint density at radius 3 is 2.38 bits per heavy atom. The van der Waals surface area contributed by atoms with Gasteiger partial charge in [-0.15, -0.1) is 0 Å². The summed E-state index contributed by atoms with van der Waals surface area (Å²) in [5.41, 5.74) is 1.98. The van der Waals surface area contributed by atoms with Crippen molar-refractivity contribution in [3.05, 3.63) is 84.2 Å². The van der Waals surface area contributed by atoms with Crippen LogP contribution in [0.2, 0.25) is 0 Å². The standard InChI is InChI=1S/C25H28N6O/c32-25(30-16-14-29(15-17-30)23-8-4-5-10-27-23)21-9-11-28-24(18-21)31-13-12-26-22(19-31)20-6-2-1-3-7-20/h1-11,18,22,26H,12-17,19H2/t22-/m1/s1. The average molecular weight is 429 g/mol. The predicted octanol–water partition coefficient (Wildman–Crippen LogP) is 2.59. The van der Waals surface area contributed by atoms with Crippen LogP contribution in [0.15, 0.2) is 73.1 Å². The topological polar surface area (TPSA) is 64.6 Å². The van der Waals surface area contributed by atoms with E-state index in [2.05, 4.69) is 49.4 Å². The third-order valence-corrected chi connectivity index (χ3v) is 6.23. The maximum absolute atomic E-state index is 13.2. The Hall–Kier alpha value is -3.45. The Balaban J connectivity index is 1.24. The van der Waals surface area contributed by atoms with Crippen LogP contribution < -0.4 is 15.1 Å². The molecule has 2 aromatic heterocycles. The first-order valence-electron chi connectivity index (χ1n) is 11.2. The lowest BCUT2D eigenvalue weighted by molar-refractivity contribution is 0.0746. The normalized spacial score (nSPS) is 19.1. The summed E-state index contributed by atoms with van der Waals surface area (Å²) in [5, 5.41) is 3.59. The van der Waals surface area contributed by atoms with Crippen LogP contribution in [-0.2, 0) is 0 Å². The van der Waals surface area contributed by atoms with E-state index in [0.29, 0.717) is 18.7 Å². The van der Waals surface area contributed by atoms with E-state index in [9.17, 15) is 4.79 Å². The Labute approximate surface area is 188 Å². The minimum atomic E-state index is 0.0732. The molecule has 2 aliphatic heterocycles. The molecule has 2 aliphatic rings. The highest BCUT2D eigenvalue weighted by Crippen LogP contribution is 2.22. The summed E-state index contributed by atoms with van der Waals surface area (Å²) in [6.45, 7) is 5.55. The predicted molar refractivity (Wildman–Crippen MR) is 126 cm³/mol. The van der Waals surface area contributed by atoms with Gasteiger partial charge in [0, 0.05) is 69.8 Å². The molecule has 1 atom stereocenters. The second kappa shape index (κ2) is 9.36. The lowest BCUT2D eigenvalue weighted by Gasteiger charge is -2.36. The van der Waals surface area contributed by atoms with Crippen molar-refractivity contribution in [1.29, 1.82) is 0 Å². The Morgan fingerprint density at radius 2 is 1.59 bits per heavy atom. The van der Waals surface area contributed by atoms with Crippen molar-refractivity contribution >= 4 is 17.5 Å². The van der Waals surface area contributed by atoms with Crippen LogP contribution in [0.5, 0.6) is 0 Å². The summed E-state index contributed by atoms with van der Waals surface area (Å²) in [6.07, 6.45) is 3.57. The summed E-state index contributed by atoms with van der Waals surface area (Å²) in [7, 11) is 0. The Morgan fingerprint density at radius 1 is 0.812 bits per heavy atom. The van der Waals surface area contributed by atoms with Crippen LogP contribution in [0, 0.1) is 0 Å². The number of piperazine rings is 2. The molecule has 1 N–H and O–H groups in total. The number of aromatic nitrogens is 2. The molecule has 0 saturated carbocycles. The molecule has 7 nitrogen and oxygen atoms in total. The maximum Gasteiger partial charge on any atom is 0.254 e. The van der Waals surface area contributed by atoms with Crippen molar-refractivity contribution in [2.75, 3.05) is 55.6 Å². The molecule has 4 heterocycles. The number of nitrogens with zero attached hydrogens (tertiary/aromatic N) is 5. The van der Waals surface area contributed by atoms with Gasteiger partial charge in [0.1, 0.15) is 11.6 Å². The van der Waals surface area contributed by atoms with Gasteiger partial charge in [0.15, 0.2) is 0 Å². The molecule has 2 fully saturated rings. The van der Waals surface area contributed by atoms with Crippen LogP contribution >= 0.6 is 0 Å². The Kier molecular flexibility index (Phi) is 5.98. The molecule has 32 heavy (non-hydrogen) atoms. The van der Waals surface area contributed by atoms with Gasteiger partial charge in [-0.1, -0.05) is 36.4 Å². The van der Waals surface area contributed by atoms with E-state index in [0.717, 1.165) is 44.4 Å². The van der Waals surface area contributed by atoms with Crippen molar-refractivity contribution in [3.63, 3.8) is 0 Å². The van der Waals surface area contributed by atoms with Gasteiger partial charge in [-0.2, -0.15) is 0 Å². The van der Waals surface area contributed by atoms with Crippen molar-refractivity contribution in [2.24, 2.45) is 0 Å². The molecule has 1 amide bonds. The molecule has 0 aliphatic carbocycles. The molecule has 2 saturated heterocycles. The number of rotatable bonds is 4.